The highest BCUT2D eigenvalue weighted by Crippen LogP contribution is 2.26. The van der Waals surface area contributed by atoms with Crippen LogP contribution in [0.1, 0.15) is 31.4 Å². The summed E-state index contributed by atoms with van der Waals surface area (Å²) in [7, 11) is 0. The van der Waals surface area contributed by atoms with Gasteiger partial charge in [-0.05, 0) is 36.6 Å². The maximum Gasteiger partial charge on any atom is 0.315 e. The van der Waals surface area contributed by atoms with E-state index in [1.54, 1.807) is 19.3 Å². The summed E-state index contributed by atoms with van der Waals surface area (Å²) in [5, 5.41) is 6.02. The van der Waals surface area contributed by atoms with E-state index >= 15 is 0 Å². The predicted molar refractivity (Wildman–Crippen MR) is 101 cm³/mol. The topological polar surface area (TPSA) is 71.1 Å². The van der Waals surface area contributed by atoms with Crippen LogP contribution in [-0.4, -0.2) is 21.9 Å². The predicted octanol–water partition coefficient (Wildman–Crippen LogP) is 3.47. The van der Waals surface area contributed by atoms with Crippen molar-refractivity contribution in [3.63, 3.8) is 0 Å². The van der Waals surface area contributed by atoms with Crippen molar-refractivity contribution >= 4 is 22.9 Å². The SMILES string of the molecule is CC(=O)SCCC(C)(NC(=O)NCc1ccncc1)c1ccccc1. The van der Waals surface area contributed by atoms with Gasteiger partial charge in [0, 0.05) is 31.6 Å². The summed E-state index contributed by atoms with van der Waals surface area (Å²) in [6, 6.07) is 13.3. The van der Waals surface area contributed by atoms with Crippen LogP contribution in [0.2, 0.25) is 0 Å². The molecule has 1 aromatic carbocycles. The Labute approximate surface area is 152 Å². The molecule has 0 bridgehead atoms. The molecular formula is C19H23N3O2S. The summed E-state index contributed by atoms with van der Waals surface area (Å²) in [5.74, 6) is 0.644. The number of nitrogens with one attached hydrogen (secondary N) is 2. The maximum atomic E-state index is 12.4. The second-order valence-corrected chi connectivity index (χ2v) is 7.22. The smallest absolute Gasteiger partial charge is 0.315 e. The fourth-order valence-corrected chi connectivity index (χ4v) is 3.26. The summed E-state index contributed by atoms with van der Waals surface area (Å²) in [5.41, 5.74) is 1.45. The summed E-state index contributed by atoms with van der Waals surface area (Å²) >= 11 is 1.27. The van der Waals surface area contributed by atoms with Crippen LogP contribution in [0.5, 0.6) is 0 Å². The number of nitrogens with zero attached hydrogens (tertiary/aromatic N) is 1. The normalized spacial score (nSPS) is 12.9. The van der Waals surface area contributed by atoms with Gasteiger partial charge in [-0.1, -0.05) is 42.1 Å². The summed E-state index contributed by atoms with van der Waals surface area (Å²) in [6.07, 6.45) is 4.05. The van der Waals surface area contributed by atoms with E-state index in [9.17, 15) is 9.59 Å². The third kappa shape index (κ3) is 6.23. The van der Waals surface area contributed by atoms with E-state index in [4.69, 9.17) is 0 Å². The van der Waals surface area contributed by atoms with Crippen LogP contribution in [0.3, 0.4) is 0 Å². The molecule has 0 radical (unpaired) electrons. The molecule has 1 atom stereocenters. The van der Waals surface area contributed by atoms with Crippen molar-refractivity contribution < 1.29 is 9.59 Å². The highest BCUT2D eigenvalue weighted by molar-refractivity contribution is 8.13. The maximum absolute atomic E-state index is 12.4. The molecule has 5 nitrogen and oxygen atoms in total. The number of carbonyl (C=O) groups is 2. The molecule has 2 amide bonds. The lowest BCUT2D eigenvalue weighted by atomic mass is 9.89. The molecule has 2 N–H and O–H groups in total. The first-order valence-electron chi connectivity index (χ1n) is 8.13. The number of amides is 2. The van der Waals surface area contributed by atoms with Gasteiger partial charge in [0.1, 0.15) is 0 Å². The molecule has 1 unspecified atom stereocenters. The first-order chi connectivity index (χ1) is 12.0. The van der Waals surface area contributed by atoms with E-state index in [0.29, 0.717) is 18.7 Å². The standard InChI is InChI=1S/C19H23N3O2S/c1-15(23)25-13-10-19(2,17-6-4-3-5-7-17)22-18(24)21-14-16-8-11-20-12-9-16/h3-9,11-12H,10,13-14H2,1-2H3,(H2,21,22,24). The van der Waals surface area contributed by atoms with Crippen molar-refractivity contribution in [2.75, 3.05) is 5.75 Å². The van der Waals surface area contributed by atoms with Crippen molar-refractivity contribution in [3.05, 3.63) is 66.0 Å². The Bertz CT molecular complexity index is 694. The lowest BCUT2D eigenvalue weighted by molar-refractivity contribution is -0.109. The van der Waals surface area contributed by atoms with Crippen LogP contribution in [0.15, 0.2) is 54.9 Å². The number of carbonyl (C=O) groups excluding carboxylic acids is 2. The molecule has 2 rings (SSSR count). The largest absolute Gasteiger partial charge is 0.334 e. The summed E-state index contributed by atoms with van der Waals surface area (Å²) < 4.78 is 0. The average Bonchev–Trinajstić information content (AvgIpc) is 2.61. The number of thioether (sulfide) groups is 1. The molecule has 0 aliphatic carbocycles. The minimum Gasteiger partial charge on any atom is -0.334 e. The molecule has 1 heterocycles. The van der Waals surface area contributed by atoms with Crippen molar-refractivity contribution in [1.82, 2.24) is 15.6 Å². The van der Waals surface area contributed by atoms with Gasteiger partial charge in [-0.25, -0.2) is 4.79 Å². The van der Waals surface area contributed by atoms with Gasteiger partial charge >= 0.3 is 6.03 Å². The molecule has 25 heavy (non-hydrogen) atoms. The van der Waals surface area contributed by atoms with Crippen molar-refractivity contribution in [2.45, 2.75) is 32.4 Å². The molecule has 0 fully saturated rings. The van der Waals surface area contributed by atoms with Crippen LogP contribution < -0.4 is 10.6 Å². The number of hydrogen-bond acceptors (Lipinski definition) is 4. The number of pyridine rings is 1. The van der Waals surface area contributed by atoms with E-state index in [1.165, 1.54) is 11.8 Å². The zero-order chi connectivity index (χ0) is 18.1. The Morgan fingerprint density at radius 3 is 2.44 bits per heavy atom. The molecule has 132 valence electrons. The number of hydrogen-bond donors (Lipinski definition) is 2. The monoisotopic (exact) mass is 357 g/mol. The summed E-state index contributed by atoms with van der Waals surface area (Å²) in [6.45, 7) is 3.97. The van der Waals surface area contributed by atoms with Gasteiger partial charge in [0.2, 0.25) is 0 Å². The van der Waals surface area contributed by atoms with Gasteiger partial charge in [0.15, 0.2) is 5.12 Å². The highest BCUT2D eigenvalue weighted by atomic mass is 32.2. The molecular weight excluding hydrogens is 334 g/mol. The Hall–Kier alpha value is -2.34. The summed E-state index contributed by atoms with van der Waals surface area (Å²) in [4.78, 5) is 27.6. The Kier molecular flexibility index (Phi) is 7.01. The van der Waals surface area contributed by atoms with E-state index in [0.717, 1.165) is 11.1 Å². The van der Waals surface area contributed by atoms with Crippen molar-refractivity contribution in [3.8, 4) is 0 Å². The molecule has 0 saturated carbocycles. The van der Waals surface area contributed by atoms with Gasteiger partial charge in [-0.2, -0.15) is 0 Å². The first kappa shape index (κ1) is 19.0. The van der Waals surface area contributed by atoms with Crippen LogP contribution in [0.4, 0.5) is 4.79 Å². The van der Waals surface area contributed by atoms with E-state index in [2.05, 4.69) is 15.6 Å². The fraction of sp³-hybridized carbons (Fsp3) is 0.316. The fourth-order valence-electron chi connectivity index (χ4n) is 2.46. The lowest BCUT2D eigenvalue weighted by Crippen LogP contribution is -2.48. The molecule has 0 aliphatic rings. The van der Waals surface area contributed by atoms with Gasteiger partial charge < -0.3 is 10.6 Å². The molecule has 2 aromatic rings. The number of urea groups is 1. The number of aromatic nitrogens is 1. The third-order valence-electron chi connectivity index (χ3n) is 3.91. The molecule has 0 aliphatic heterocycles. The quantitative estimate of drug-likeness (QED) is 0.796. The van der Waals surface area contributed by atoms with Gasteiger partial charge in [0.25, 0.3) is 0 Å². The van der Waals surface area contributed by atoms with E-state index in [-0.39, 0.29) is 11.1 Å². The van der Waals surface area contributed by atoms with Crippen LogP contribution in [-0.2, 0) is 16.9 Å². The first-order valence-corrected chi connectivity index (χ1v) is 9.12. The molecule has 1 aromatic heterocycles. The molecule has 0 spiro atoms. The molecule has 6 heteroatoms. The average molecular weight is 357 g/mol. The van der Waals surface area contributed by atoms with E-state index in [1.807, 2.05) is 49.4 Å². The Morgan fingerprint density at radius 1 is 1.12 bits per heavy atom. The van der Waals surface area contributed by atoms with Crippen LogP contribution >= 0.6 is 11.8 Å². The number of rotatable bonds is 7. The highest BCUT2D eigenvalue weighted by Gasteiger charge is 2.28. The van der Waals surface area contributed by atoms with Gasteiger partial charge in [-0.15, -0.1) is 0 Å². The second kappa shape index (κ2) is 9.22. The Balaban J connectivity index is 2.01. The van der Waals surface area contributed by atoms with Crippen molar-refractivity contribution in [2.24, 2.45) is 0 Å². The van der Waals surface area contributed by atoms with Crippen LogP contribution in [0.25, 0.3) is 0 Å². The van der Waals surface area contributed by atoms with Crippen molar-refractivity contribution in [1.29, 1.82) is 0 Å². The molecule has 0 saturated heterocycles. The second-order valence-electron chi connectivity index (χ2n) is 5.95. The van der Waals surface area contributed by atoms with E-state index < -0.39 is 5.54 Å². The van der Waals surface area contributed by atoms with Gasteiger partial charge in [0.05, 0.1) is 5.54 Å². The minimum atomic E-state index is -0.550. The van der Waals surface area contributed by atoms with Crippen LogP contribution in [0, 0.1) is 0 Å². The minimum absolute atomic E-state index is 0.0811. The number of benzene rings is 1. The zero-order valence-corrected chi connectivity index (χ0v) is 15.3. The van der Waals surface area contributed by atoms with Gasteiger partial charge in [-0.3, -0.25) is 9.78 Å². The zero-order valence-electron chi connectivity index (χ0n) is 14.5. The third-order valence-corrected chi connectivity index (χ3v) is 4.72. The Morgan fingerprint density at radius 2 is 1.80 bits per heavy atom. The lowest BCUT2D eigenvalue weighted by Gasteiger charge is -2.31.